The minimum atomic E-state index is 0.248. The van der Waals surface area contributed by atoms with Gasteiger partial charge < -0.3 is 10.4 Å². The van der Waals surface area contributed by atoms with Crippen LogP contribution in [0, 0.1) is 0 Å². The lowest BCUT2D eigenvalue weighted by Crippen LogP contribution is -2.07. The Labute approximate surface area is 127 Å². The van der Waals surface area contributed by atoms with E-state index in [1.165, 1.54) is 16.7 Å². The summed E-state index contributed by atoms with van der Waals surface area (Å²) in [6, 6.07) is 17.5. The third kappa shape index (κ3) is 4.61. The molecule has 2 rings (SSSR count). The number of aliphatic hydroxyl groups is 1. The van der Waals surface area contributed by atoms with Crippen LogP contribution < -0.4 is 5.32 Å². The fourth-order valence-corrected chi connectivity index (χ4v) is 2.48. The van der Waals surface area contributed by atoms with Gasteiger partial charge in [-0.05, 0) is 55.0 Å². The number of nitrogens with one attached hydrogen (secondary N) is 1. The van der Waals surface area contributed by atoms with Crippen LogP contribution in [0.25, 0.3) is 0 Å². The molecule has 0 aliphatic heterocycles. The molecule has 2 aromatic carbocycles. The molecule has 2 aromatic rings. The number of benzene rings is 2. The van der Waals surface area contributed by atoms with Gasteiger partial charge in [-0.3, -0.25) is 0 Å². The summed E-state index contributed by atoms with van der Waals surface area (Å²) in [5.74, 6) is 0. The number of hydrogen-bond donors (Lipinski definition) is 2. The topological polar surface area (TPSA) is 32.3 Å². The first-order valence-electron chi connectivity index (χ1n) is 7.78. The van der Waals surface area contributed by atoms with Gasteiger partial charge >= 0.3 is 0 Å². The Kier molecular flexibility index (Phi) is 5.82. The summed E-state index contributed by atoms with van der Waals surface area (Å²) in [5.41, 5.74) is 5.07. The summed E-state index contributed by atoms with van der Waals surface area (Å²) < 4.78 is 0. The lowest BCUT2D eigenvalue weighted by atomic mass is 10.0. The highest BCUT2D eigenvalue weighted by Crippen LogP contribution is 2.21. The van der Waals surface area contributed by atoms with E-state index < -0.39 is 0 Å². The smallest absolute Gasteiger partial charge is 0.0485 e. The van der Waals surface area contributed by atoms with E-state index in [4.69, 9.17) is 5.11 Å². The number of aliphatic hydroxyl groups excluding tert-OH is 1. The third-order valence-electron chi connectivity index (χ3n) is 3.82. The largest absolute Gasteiger partial charge is 0.396 e. The van der Waals surface area contributed by atoms with Crippen LogP contribution in [0.1, 0.15) is 43.0 Å². The second-order valence-corrected chi connectivity index (χ2v) is 5.49. The van der Waals surface area contributed by atoms with Gasteiger partial charge in [0.05, 0.1) is 0 Å². The van der Waals surface area contributed by atoms with E-state index in [1.54, 1.807) is 0 Å². The first-order chi connectivity index (χ1) is 10.2. The molecule has 112 valence electrons. The molecule has 0 heterocycles. The normalized spacial score (nSPS) is 12.1. The summed E-state index contributed by atoms with van der Waals surface area (Å²) in [6.07, 6.45) is 2.82. The SMILES string of the molecule is CCc1ccc(C(C)Nc2cccc(CCCO)c2)cc1. The van der Waals surface area contributed by atoms with Crippen molar-refractivity contribution in [2.45, 2.75) is 39.2 Å². The summed E-state index contributed by atoms with van der Waals surface area (Å²) in [4.78, 5) is 0. The molecule has 0 radical (unpaired) electrons. The van der Waals surface area contributed by atoms with Crippen LogP contribution >= 0.6 is 0 Å². The Balaban J connectivity index is 2.02. The van der Waals surface area contributed by atoms with Crippen molar-refractivity contribution in [2.24, 2.45) is 0 Å². The molecule has 2 heteroatoms. The highest BCUT2D eigenvalue weighted by atomic mass is 16.2. The van der Waals surface area contributed by atoms with Crippen LogP contribution in [0.2, 0.25) is 0 Å². The molecule has 1 unspecified atom stereocenters. The first kappa shape index (κ1) is 15.6. The van der Waals surface area contributed by atoms with Gasteiger partial charge in [0, 0.05) is 18.3 Å². The molecule has 0 saturated carbocycles. The molecular weight excluding hydrogens is 258 g/mol. The molecule has 0 amide bonds. The maximum atomic E-state index is 8.92. The van der Waals surface area contributed by atoms with Crippen LogP contribution in [0.15, 0.2) is 48.5 Å². The van der Waals surface area contributed by atoms with Crippen molar-refractivity contribution in [3.8, 4) is 0 Å². The maximum Gasteiger partial charge on any atom is 0.0485 e. The van der Waals surface area contributed by atoms with Gasteiger partial charge in [-0.15, -0.1) is 0 Å². The molecule has 0 aliphatic carbocycles. The van der Waals surface area contributed by atoms with Gasteiger partial charge in [0.25, 0.3) is 0 Å². The zero-order valence-corrected chi connectivity index (χ0v) is 13.0. The number of aryl methyl sites for hydroxylation is 2. The van der Waals surface area contributed by atoms with Crippen LogP contribution in [0.5, 0.6) is 0 Å². The summed E-state index contributed by atoms with van der Waals surface area (Å²) in [6.45, 7) is 4.60. The van der Waals surface area contributed by atoms with Crippen LogP contribution in [0.4, 0.5) is 5.69 Å². The Morgan fingerprint density at radius 1 is 1.05 bits per heavy atom. The van der Waals surface area contributed by atoms with Crippen molar-refractivity contribution in [2.75, 3.05) is 11.9 Å². The standard InChI is InChI=1S/C19H25NO/c1-3-16-9-11-18(12-10-16)15(2)20-19-8-4-6-17(14-19)7-5-13-21/h4,6,8-12,14-15,20-21H,3,5,7,13H2,1-2H3. The van der Waals surface area contributed by atoms with Crippen molar-refractivity contribution in [1.82, 2.24) is 0 Å². The second-order valence-electron chi connectivity index (χ2n) is 5.49. The van der Waals surface area contributed by atoms with Crippen molar-refractivity contribution in [3.63, 3.8) is 0 Å². The van der Waals surface area contributed by atoms with Gasteiger partial charge in [0.2, 0.25) is 0 Å². The third-order valence-corrected chi connectivity index (χ3v) is 3.82. The molecule has 0 saturated heterocycles. The second kappa shape index (κ2) is 7.84. The zero-order chi connectivity index (χ0) is 15.1. The van der Waals surface area contributed by atoms with Gasteiger partial charge in [0.15, 0.2) is 0 Å². The monoisotopic (exact) mass is 283 g/mol. The molecule has 0 fully saturated rings. The number of hydrogen-bond acceptors (Lipinski definition) is 2. The van der Waals surface area contributed by atoms with E-state index in [2.05, 4.69) is 67.7 Å². The Morgan fingerprint density at radius 3 is 2.48 bits per heavy atom. The predicted octanol–water partition coefficient (Wildman–Crippen LogP) is 4.35. The molecule has 2 N–H and O–H groups in total. The number of anilines is 1. The van der Waals surface area contributed by atoms with Gasteiger partial charge in [-0.1, -0.05) is 43.3 Å². The lowest BCUT2D eigenvalue weighted by Gasteiger charge is -2.17. The predicted molar refractivity (Wildman–Crippen MR) is 89.7 cm³/mol. The first-order valence-corrected chi connectivity index (χ1v) is 7.78. The Bertz CT molecular complexity index is 548. The quantitative estimate of drug-likeness (QED) is 0.792. The summed E-state index contributed by atoms with van der Waals surface area (Å²) >= 11 is 0. The van der Waals surface area contributed by atoms with Crippen molar-refractivity contribution in [1.29, 1.82) is 0 Å². The van der Waals surface area contributed by atoms with E-state index in [1.807, 2.05) is 0 Å². The van der Waals surface area contributed by atoms with E-state index >= 15 is 0 Å². The van der Waals surface area contributed by atoms with E-state index in [0.29, 0.717) is 0 Å². The van der Waals surface area contributed by atoms with Crippen molar-refractivity contribution < 1.29 is 5.11 Å². The highest BCUT2D eigenvalue weighted by molar-refractivity contribution is 5.47. The van der Waals surface area contributed by atoms with Gasteiger partial charge in [-0.2, -0.15) is 0 Å². The lowest BCUT2D eigenvalue weighted by molar-refractivity contribution is 0.288. The summed E-state index contributed by atoms with van der Waals surface area (Å²) in [7, 11) is 0. The van der Waals surface area contributed by atoms with Crippen LogP contribution in [-0.4, -0.2) is 11.7 Å². The molecule has 2 nitrogen and oxygen atoms in total. The Morgan fingerprint density at radius 2 is 1.81 bits per heavy atom. The van der Waals surface area contributed by atoms with E-state index in [9.17, 15) is 0 Å². The molecule has 0 aromatic heterocycles. The molecular formula is C19H25NO. The summed E-state index contributed by atoms with van der Waals surface area (Å²) in [5, 5.41) is 12.5. The van der Waals surface area contributed by atoms with Crippen LogP contribution in [0.3, 0.4) is 0 Å². The Hall–Kier alpha value is -1.80. The maximum absolute atomic E-state index is 8.92. The minimum Gasteiger partial charge on any atom is -0.396 e. The van der Waals surface area contributed by atoms with Crippen LogP contribution in [-0.2, 0) is 12.8 Å². The molecule has 0 bridgehead atoms. The molecule has 0 aliphatic rings. The molecule has 21 heavy (non-hydrogen) atoms. The fraction of sp³-hybridized carbons (Fsp3) is 0.368. The fourth-order valence-electron chi connectivity index (χ4n) is 2.48. The number of rotatable bonds is 7. The average Bonchev–Trinajstić information content (AvgIpc) is 2.53. The van der Waals surface area contributed by atoms with E-state index in [0.717, 1.165) is 24.9 Å². The molecule has 0 spiro atoms. The van der Waals surface area contributed by atoms with Gasteiger partial charge in [0.1, 0.15) is 0 Å². The molecule has 1 atom stereocenters. The minimum absolute atomic E-state index is 0.248. The average molecular weight is 283 g/mol. The zero-order valence-electron chi connectivity index (χ0n) is 13.0. The van der Waals surface area contributed by atoms with Gasteiger partial charge in [-0.25, -0.2) is 0 Å². The van der Waals surface area contributed by atoms with E-state index in [-0.39, 0.29) is 12.6 Å². The van der Waals surface area contributed by atoms with Crippen molar-refractivity contribution in [3.05, 3.63) is 65.2 Å². The van der Waals surface area contributed by atoms with Crippen molar-refractivity contribution >= 4 is 5.69 Å². The highest BCUT2D eigenvalue weighted by Gasteiger charge is 2.05.